The standard InChI is InChI=1S/C23H35FN2/c1-7-10-11-12-13-23(6,9-3)20-16-25-19-15-17(22(4,5)8-2)14-18(24)21(19)26-20/h14-16H,7-13H2,1-6H3. The van der Waals surface area contributed by atoms with Crippen molar-refractivity contribution in [3.63, 3.8) is 0 Å². The SMILES string of the molecule is CCCCCCC(C)(CC)c1cnc2cc(C(C)(C)CC)cc(F)c2n1. The molecule has 2 aromatic rings. The zero-order chi connectivity index (χ0) is 19.4. The molecular formula is C23H35FN2. The first-order valence-corrected chi connectivity index (χ1v) is 10.2. The molecular weight excluding hydrogens is 323 g/mol. The number of hydrogen-bond acceptors (Lipinski definition) is 2. The van der Waals surface area contributed by atoms with E-state index in [2.05, 4.69) is 46.5 Å². The maximum atomic E-state index is 14.8. The van der Waals surface area contributed by atoms with E-state index < -0.39 is 0 Å². The number of benzene rings is 1. The van der Waals surface area contributed by atoms with Crippen molar-refractivity contribution >= 4 is 11.0 Å². The monoisotopic (exact) mass is 358 g/mol. The number of hydrogen-bond donors (Lipinski definition) is 0. The van der Waals surface area contributed by atoms with Gasteiger partial charge in [0.25, 0.3) is 0 Å². The molecule has 0 bridgehead atoms. The Morgan fingerprint density at radius 2 is 1.69 bits per heavy atom. The van der Waals surface area contributed by atoms with Gasteiger partial charge in [-0.15, -0.1) is 0 Å². The van der Waals surface area contributed by atoms with Crippen LogP contribution in [0.1, 0.15) is 97.7 Å². The average molecular weight is 359 g/mol. The summed E-state index contributed by atoms with van der Waals surface area (Å²) in [6.07, 6.45) is 9.83. The Labute approximate surface area is 158 Å². The first kappa shape index (κ1) is 20.8. The van der Waals surface area contributed by atoms with Crippen molar-refractivity contribution in [1.29, 1.82) is 0 Å². The Morgan fingerprint density at radius 1 is 0.962 bits per heavy atom. The molecule has 0 spiro atoms. The van der Waals surface area contributed by atoms with Crippen LogP contribution >= 0.6 is 0 Å². The van der Waals surface area contributed by atoms with E-state index in [1.165, 1.54) is 25.7 Å². The summed E-state index contributed by atoms with van der Waals surface area (Å²) < 4.78 is 14.8. The van der Waals surface area contributed by atoms with Gasteiger partial charge in [-0.3, -0.25) is 4.98 Å². The van der Waals surface area contributed by atoms with Crippen LogP contribution in [0.2, 0.25) is 0 Å². The van der Waals surface area contributed by atoms with Gasteiger partial charge in [-0.25, -0.2) is 9.37 Å². The lowest BCUT2D eigenvalue weighted by Gasteiger charge is -2.28. The van der Waals surface area contributed by atoms with E-state index in [4.69, 9.17) is 4.98 Å². The molecule has 0 amide bonds. The molecule has 3 heteroatoms. The fourth-order valence-electron chi connectivity index (χ4n) is 3.39. The Kier molecular flexibility index (Phi) is 6.76. The molecule has 2 nitrogen and oxygen atoms in total. The predicted molar refractivity (Wildman–Crippen MR) is 109 cm³/mol. The van der Waals surface area contributed by atoms with Gasteiger partial charge in [0.1, 0.15) is 5.52 Å². The minimum atomic E-state index is -0.252. The molecule has 0 saturated heterocycles. The molecule has 0 radical (unpaired) electrons. The molecule has 0 saturated carbocycles. The van der Waals surface area contributed by atoms with Crippen molar-refractivity contribution in [1.82, 2.24) is 9.97 Å². The van der Waals surface area contributed by atoms with E-state index in [0.717, 1.165) is 30.5 Å². The van der Waals surface area contributed by atoms with E-state index in [1.54, 1.807) is 6.07 Å². The summed E-state index contributed by atoms with van der Waals surface area (Å²) in [5.41, 5.74) is 2.88. The molecule has 1 aromatic heterocycles. The topological polar surface area (TPSA) is 25.8 Å². The molecule has 0 aliphatic rings. The molecule has 1 unspecified atom stereocenters. The highest BCUT2D eigenvalue weighted by Crippen LogP contribution is 2.34. The highest BCUT2D eigenvalue weighted by atomic mass is 19.1. The normalized spacial score (nSPS) is 14.6. The number of halogens is 1. The summed E-state index contributed by atoms with van der Waals surface area (Å²) in [5, 5.41) is 0. The summed E-state index contributed by atoms with van der Waals surface area (Å²) in [4.78, 5) is 9.33. The minimum absolute atomic E-state index is 0.0390. The largest absolute Gasteiger partial charge is 0.253 e. The maximum absolute atomic E-state index is 14.8. The Hall–Kier alpha value is -1.51. The van der Waals surface area contributed by atoms with E-state index in [1.807, 2.05) is 12.3 Å². The molecule has 0 aliphatic heterocycles. The summed E-state index contributed by atoms with van der Waals surface area (Å²) >= 11 is 0. The third-order valence-corrected chi connectivity index (χ3v) is 6.25. The molecule has 144 valence electrons. The van der Waals surface area contributed by atoms with Crippen LogP contribution in [0.15, 0.2) is 18.3 Å². The summed E-state index contributed by atoms with van der Waals surface area (Å²) in [6, 6.07) is 3.65. The van der Waals surface area contributed by atoms with E-state index in [9.17, 15) is 4.39 Å². The summed E-state index contributed by atoms with van der Waals surface area (Å²) in [6.45, 7) is 13.1. The number of nitrogens with zero attached hydrogens (tertiary/aromatic N) is 2. The molecule has 1 aromatic carbocycles. The number of aromatic nitrogens is 2. The highest BCUT2D eigenvalue weighted by molar-refractivity contribution is 5.76. The lowest BCUT2D eigenvalue weighted by atomic mass is 9.79. The minimum Gasteiger partial charge on any atom is -0.253 e. The van der Waals surface area contributed by atoms with Crippen LogP contribution in [-0.4, -0.2) is 9.97 Å². The van der Waals surface area contributed by atoms with Crippen molar-refractivity contribution in [3.8, 4) is 0 Å². The molecule has 2 rings (SSSR count). The van der Waals surface area contributed by atoms with Crippen LogP contribution in [0.3, 0.4) is 0 Å². The molecule has 1 heterocycles. The Balaban J connectivity index is 2.38. The lowest BCUT2D eigenvalue weighted by molar-refractivity contribution is 0.385. The van der Waals surface area contributed by atoms with Gasteiger partial charge in [-0.2, -0.15) is 0 Å². The van der Waals surface area contributed by atoms with Gasteiger partial charge in [0, 0.05) is 11.6 Å². The van der Waals surface area contributed by atoms with Crippen LogP contribution < -0.4 is 0 Å². The van der Waals surface area contributed by atoms with Crippen LogP contribution in [0.25, 0.3) is 11.0 Å². The molecule has 0 aliphatic carbocycles. The van der Waals surface area contributed by atoms with Crippen molar-refractivity contribution in [3.05, 3.63) is 35.4 Å². The fourth-order valence-corrected chi connectivity index (χ4v) is 3.39. The zero-order valence-electron chi connectivity index (χ0n) is 17.5. The third-order valence-electron chi connectivity index (χ3n) is 6.25. The maximum Gasteiger partial charge on any atom is 0.151 e. The van der Waals surface area contributed by atoms with E-state index >= 15 is 0 Å². The first-order valence-electron chi connectivity index (χ1n) is 10.2. The van der Waals surface area contributed by atoms with Crippen LogP contribution in [0, 0.1) is 5.82 Å². The van der Waals surface area contributed by atoms with Gasteiger partial charge in [-0.1, -0.05) is 67.2 Å². The van der Waals surface area contributed by atoms with Gasteiger partial charge < -0.3 is 0 Å². The second-order valence-electron chi connectivity index (χ2n) is 8.54. The van der Waals surface area contributed by atoms with Gasteiger partial charge in [-0.05, 0) is 42.4 Å². The second-order valence-corrected chi connectivity index (χ2v) is 8.54. The highest BCUT2D eigenvalue weighted by Gasteiger charge is 2.27. The van der Waals surface area contributed by atoms with E-state index in [0.29, 0.717) is 11.0 Å². The van der Waals surface area contributed by atoms with Crippen molar-refractivity contribution in [2.75, 3.05) is 0 Å². The molecule has 26 heavy (non-hydrogen) atoms. The lowest BCUT2D eigenvalue weighted by Crippen LogP contribution is -2.23. The van der Waals surface area contributed by atoms with Gasteiger partial charge in [0.2, 0.25) is 0 Å². The number of unbranched alkanes of at least 4 members (excludes halogenated alkanes) is 3. The van der Waals surface area contributed by atoms with Gasteiger partial charge in [0.15, 0.2) is 5.82 Å². The zero-order valence-corrected chi connectivity index (χ0v) is 17.5. The average Bonchev–Trinajstić information content (AvgIpc) is 2.64. The number of rotatable bonds is 9. The van der Waals surface area contributed by atoms with Crippen molar-refractivity contribution in [2.45, 2.75) is 97.3 Å². The van der Waals surface area contributed by atoms with Crippen molar-refractivity contribution in [2.24, 2.45) is 0 Å². The van der Waals surface area contributed by atoms with E-state index in [-0.39, 0.29) is 16.6 Å². The Bertz CT molecular complexity index is 738. The summed E-state index contributed by atoms with van der Waals surface area (Å²) in [7, 11) is 0. The first-order chi connectivity index (χ1) is 12.3. The third kappa shape index (κ3) is 4.42. The van der Waals surface area contributed by atoms with Gasteiger partial charge >= 0.3 is 0 Å². The molecule has 1 atom stereocenters. The predicted octanol–water partition coefficient (Wildman–Crippen LogP) is 7.09. The second kappa shape index (κ2) is 8.45. The molecule has 0 N–H and O–H groups in total. The van der Waals surface area contributed by atoms with Crippen molar-refractivity contribution < 1.29 is 4.39 Å². The van der Waals surface area contributed by atoms with Crippen LogP contribution in [0.5, 0.6) is 0 Å². The Morgan fingerprint density at radius 3 is 2.31 bits per heavy atom. The van der Waals surface area contributed by atoms with Gasteiger partial charge in [0.05, 0.1) is 11.2 Å². The smallest absolute Gasteiger partial charge is 0.151 e. The quantitative estimate of drug-likeness (QED) is 0.447. The fraction of sp³-hybridized carbons (Fsp3) is 0.652. The molecule has 0 fully saturated rings. The van der Waals surface area contributed by atoms with Crippen LogP contribution in [0.4, 0.5) is 4.39 Å². The van der Waals surface area contributed by atoms with Crippen LogP contribution in [-0.2, 0) is 10.8 Å². The summed E-state index contributed by atoms with van der Waals surface area (Å²) in [5.74, 6) is -0.252. The number of fused-ring (bicyclic) bond motifs is 1.